The summed E-state index contributed by atoms with van der Waals surface area (Å²) in [5, 5.41) is 0. The number of ether oxygens (including phenoxy) is 7. The number of ketones is 1. The minimum absolute atomic E-state index is 0.135. The fourth-order valence-electron chi connectivity index (χ4n) is 1.78. The van der Waals surface area contributed by atoms with Crippen molar-refractivity contribution in [2.45, 2.75) is 26.7 Å². The highest BCUT2D eigenvalue weighted by Gasteiger charge is 1.95. The van der Waals surface area contributed by atoms with Crippen LogP contribution in [0.25, 0.3) is 0 Å². The van der Waals surface area contributed by atoms with E-state index in [9.17, 15) is 4.79 Å². The van der Waals surface area contributed by atoms with E-state index in [1.807, 2.05) is 0 Å². The fourth-order valence-corrected chi connectivity index (χ4v) is 1.78. The normalized spacial score (nSPS) is 11.2. The Morgan fingerprint density at radius 2 is 0.741 bits per heavy atom. The summed E-state index contributed by atoms with van der Waals surface area (Å²) in [6.45, 7) is 11.4. The Balaban J connectivity index is 2.98. The Morgan fingerprint density at radius 1 is 0.481 bits per heavy atom. The Bertz CT molecular complexity index is 301. The molecule has 0 aromatic rings. The molecule has 0 radical (unpaired) electrons. The van der Waals surface area contributed by atoms with Crippen LogP contribution in [-0.2, 0) is 38.0 Å². The van der Waals surface area contributed by atoms with Gasteiger partial charge in [0.25, 0.3) is 0 Å². The van der Waals surface area contributed by atoms with Gasteiger partial charge in [0.05, 0.1) is 85.9 Å². The SMILES string of the molecule is CCCOCCOCCOCCOCCOCCOCCOCCC(C)=O. The zero-order chi connectivity index (χ0) is 19.8. The van der Waals surface area contributed by atoms with Crippen molar-refractivity contribution in [1.29, 1.82) is 0 Å². The predicted molar refractivity (Wildman–Crippen MR) is 101 cm³/mol. The second-order valence-electron chi connectivity index (χ2n) is 5.74. The molecule has 0 fully saturated rings. The lowest BCUT2D eigenvalue weighted by molar-refractivity contribution is -0.118. The lowest BCUT2D eigenvalue weighted by Crippen LogP contribution is -2.14. The van der Waals surface area contributed by atoms with Gasteiger partial charge in [-0.05, 0) is 13.3 Å². The first-order chi connectivity index (χ1) is 13.3. The lowest BCUT2D eigenvalue weighted by Gasteiger charge is -2.08. The zero-order valence-corrected chi connectivity index (χ0v) is 17.1. The van der Waals surface area contributed by atoms with E-state index in [1.165, 1.54) is 0 Å². The molecule has 0 aromatic carbocycles. The van der Waals surface area contributed by atoms with Crippen molar-refractivity contribution in [1.82, 2.24) is 0 Å². The second kappa shape index (κ2) is 23.4. The predicted octanol–water partition coefficient (Wildman–Crippen LogP) is 1.49. The molecule has 0 rings (SSSR count). The molecule has 0 aliphatic rings. The van der Waals surface area contributed by atoms with E-state index in [2.05, 4.69) is 6.92 Å². The van der Waals surface area contributed by atoms with Crippen LogP contribution in [0.15, 0.2) is 0 Å². The van der Waals surface area contributed by atoms with Crippen LogP contribution >= 0.6 is 0 Å². The molecule has 8 heteroatoms. The molecule has 8 nitrogen and oxygen atoms in total. The summed E-state index contributed by atoms with van der Waals surface area (Å²) < 4.78 is 37.4. The average Bonchev–Trinajstić information content (AvgIpc) is 2.65. The van der Waals surface area contributed by atoms with Crippen molar-refractivity contribution >= 4 is 5.78 Å². The summed E-state index contributed by atoms with van der Waals surface area (Å²) in [6, 6.07) is 0. The Morgan fingerprint density at radius 3 is 1.00 bits per heavy atom. The van der Waals surface area contributed by atoms with Gasteiger partial charge >= 0.3 is 0 Å². The summed E-state index contributed by atoms with van der Waals surface area (Å²) in [4.78, 5) is 10.7. The Hall–Kier alpha value is -0.610. The third kappa shape index (κ3) is 25.4. The van der Waals surface area contributed by atoms with Crippen molar-refractivity contribution in [3.05, 3.63) is 0 Å². The molecule has 0 heterocycles. The Labute approximate surface area is 163 Å². The molecule has 162 valence electrons. The van der Waals surface area contributed by atoms with E-state index < -0.39 is 0 Å². The van der Waals surface area contributed by atoms with Gasteiger partial charge < -0.3 is 33.2 Å². The van der Waals surface area contributed by atoms with E-state index in [0.717, 1.165) is 13.0 Å². The monoisotopic (exact) mass is 394 g/mol. The van der Waals surface area contributed by atoms with Crippen molar-refractivity contribution in [2.75, 3.05) is 92.5 Å². The van der Waals surface area contributed by atoms with E-state index in [-0.39, 0.29) is 5.78 Å². The summed E-state index contributed by atoms with van der Waals surface area (Å²) in [7, 11) is 0. The minimum Gasteiger partial charge on any atom is -0.379 e. The highest BCUT2D eigenvalue weighted by molar-refractivity contribution is 5.75. The maximum atomic E-state index is 10.7. The van der Waals surface area contributed by atoms with Crippen molar-refractivity contribution in [3.8, 4) is 0 Å². The van der Waals surface area contributed by atoms with E-state index in [1.54, 1.807) is 6.92 Å². The highest BCUT2D eigenvalue weighted by Crippen LogP contribution is 1.87. The standard InChI is InChI=1S/C19H38O8/c1-3-5-21-7-9-23-11-13-25-15-17-27-18-16-26-14-12-24-10-8-22-6-4-19(2)20/h3-18H2,1-2H3. The first kappa shape index (κ1) is 26.4. The molecule has 0 bridgehead atoms. The largest absolute Gasteiger partial charge is 0.379 e. The Kier molecular flexibility index (Phi) is 22.9. The van der Waals surface area contributed by atoms with Gasteiger partial charge in [0, 0.05) is 13.0 Å². The van der Waals surface area contributed by atoms with Gasteiger partial charge in [-0.2, -0.15) is 0 Å². The number of hydrogen-bond donors (Lipinski definition) is 0. The molecule has 0 N–H and O–H groups in total. The van der Waals surface area contributed by atoms with Gasteiger partial charge in [-0.15, -0.1) is 0 Å². The maximum absolute atomic E-state index is 10.7. The quantitative estimate of drug-likeness (QED) is 0.241. The summed E-state index contributed by atoms with van der Waals surface area (Å²) in [5.74, 6) is 0.135. The molecule has 0 spiro atoms. The number of carbonyl (C=O) groups excluding carboxylic acids is 1. The van der Waals surface area contributed by atoms with Gasteiger partial charge in [0.15, 0.2) is 0 Å². The maximum Gasteiger partial charge on any atom is 0.132 e. The van der Waals surface area contributed by atoms with Gasteiger partial charge in [-0.1, -0.05) is 6.92 Å². The third-order valence-electron chi connectivity index (χ3n) is 3.18. The van der Waals surface area contributed by atoms with Crippen LogP contribution in [0.4, 0.5) is 0 Å². The number of rotatable bonds is 23. The molecule has 0 aliphatic heterocycles. The van der Waals surface area contributed by atoms with E-state index in [0.29, 0.717) is 92.3 Å². The summed E-state index contributed by atoms with van der Waals surface area (Å²) >= 11 is 0. The van der Waals surface area contributed by atoms with Crippen LogP contribution in [-0.4, -0.2) is 98.3 Å². The van der Waals surface area contributed by atoms with Crippen LogP contribution < -0.4 is 0 Å². The molecule has 0 aromatic heterocycles. The highest BCUT2D eigenvalue weighted by atomic mass is 16.6. The van der Waals surface area contributed by atoms with Crippen molar-refractivity contribution in [3.63, 3.8) is 0 Å². The molecule has 0 atom stereocenters. The van der Waals surface area contributed by atoms with E-state index in [4.69, 9.17) is 33.2 Å². The smallest absolute Gasteiger partial charge is 0.132 e. The van der Waals surface area contributed by atoms with Gasteiger partial charge in [-0.25, -0.2) is 0 Å². The van der Waals surface area contributed by atoms with E-state index >= 15 is 0 Å². The molecule has 0 aliphatic carbocycles. The van der Waals surface area contributed by atoms with Crippen LogP contribution in [0.2, 0.25) is 0 Å². The van der Waals surface area contributed by atoms with Crippen molar-refractivity contribution < 1.29 is 38.0 Å². The zero-order valence-electron chi connectivity index (χ0n) is 17.1. The first-order valence-corrected chi connectivity index (χ1v) is 9.81. The van der Waals surface area contributed by atoms with Gasteiger partial charge in [-0.3, -0.25) is 4.79 Å². The van der Waals surface area contributed by atoms with Crippen LogP contribution in [0.5, 0.6) is 0 Å². The number of Topliss-reactive ketones (excluding diaryl/α,β-unsaturated/α-hetero) is 1. The number of carbonyl (C=O) groups is 1. The van der Waals surface area contributed by atoms with Crippen LogP contribution in [0.3, 0.4) is 0 Å². The average molecular weight is 395 g/mol. The molecule has 0 unspecified atom stereocenters. The van der Waals surface area contributed by atoms with Crippen molar-refractivity contribution in [2.24, 2.45) is 0 Å². The first-order valence-electron chi connectivity index (χ1n) is 9.81. The topological polar surface area (TPSA) is 81.7 Å². The summed E-state index contributed by atoms with van der Waals surface area (Å²) in [6.07, 6.45) is 1.48. The minimum atomic E-state index is 0.135. The lowest BCUT2D eigenvalue weighted by atomic mass is 10.3. The molecular weight excluding hydrogens is 356 g/mol. The van der Waals surface area contributed by atoms with Gasteiger partial charge in [0.1, 0.15) is 5.78 Å². The molecule has 0 saturated heterocycles. The molecule has 27 heavy (non-hydrogen) atoms. The molecular formula is C19H38O8. The third-order valence-corrected chi connectivity index (χ3v) is 3.18. The second-order valence-corrected chi connectivity index (χ2v) is 5.74. The van der Waals surface area contributed by atoms with Crippen LogP contribution in [0, 0.1) is 0 Å². The molecule has 0 amide bonds. The van der Waals surface area contributed by atoms with Gasteiger partial charge in [0.2, 0.25) is 0 Å². The fraction of sp³-hybridized carbons (Fsp3) is 0.947. The number of hydrogen-bond acceptors (Lipinski definition) is 8. The summed E-state index contributed by atoms with van der Waals surface area (Å²) in [5.41, 5.74) is 0. The molecule has 0 saturated carbocycles. The van der Waals surface area contributed by atoms with Crippen LogP contribution in [0.1, 0.15) is 26.7 Å².